The van der Waals surface area contributed by atoms with Gasteiger partial charge >= 0.3 is 6.09 Å². The summed E-state index contributed by atoms with van der Waals surface area (Å²) in [5, 5.41) is 8.47. The Bertz CT molecular complexity index is 722. The molecule has 0 spiro atoms. The Balaban J connectivity index is 1.78. The highest BCUT2D eigenvalue weighted by molar-refractivity contribution is 9.10. The molecule has 0 saturated carbocycles. The van der Waals surface area contributed by atoms with Gasteiger partial charge in [0.2, 0.25) is 0 Å². The molecule has 6 nitrogen and oxygen atoms in total. The van der Waals surface area contributed by atoms with Gasteiger partial charge in [-0.2, -0.15) is 0 Å². The first-order valence-electron chi connectivity index (χ1n) is 7.82. The Morgan fingerprint density at radius 1 is 1.43 bits per heavy atom. The van der Waals surface area contributed by atoms with Crippen molar-refractivity contribution in [3.05, 3.63) is 22.7 Å². The molecule has 23 heavy (non-hydrogen) atoms. The van der Waals surface area contributed by atoms with E-state index in [1.54, 1.807) is 0 Å². The third kappa shape index (κ3) is 3.49. The molecule has 0 radical (unpaired) electrons. The molecule has 1 aromatic carbocycles. The fraction of sp³-hybridized carbons (Fsp3) is 0.562. The van der Waals surface area contributed by atoms with Crippen LogP contribution in [0.25, 0.3) is 11.0 Å². The fourth-order valence-corrected chi connectivity index (χ4v) is 3.31. The predicted octanol–water partition coefficient (Wildman–Crippen LogP) is 3.59. The van der Waals surface area contributed by atoms with E-state index >= 15 is 0 Å². The van der Waals surface area contributed by atoms with Gasteiger partial charge in [0.25, 0.3) is 0 Å². The van der Waals surface area contributed by atoms with Crippen molar-refractivity contribution in [1.29, 1.82) is 0 Å². The lowest BCUT2D eigenvalue weighted by molar-refractivity contribution is 0.0212. The Kier molecular flexibility index (Phi) is 4.31. The first-order valence-corrected chi connectivity index (χ1v) is 8.62. The van der Waals surface area contributed by atoms with Crippen LogP contribution in [0.5, 0.6) is 0 Å². The monoisotopic (exact) mass is 380 g/mol. The molecule has 1 saturated heterocycles. The molecule has 1 aliphatic heterocycles. The average molecular weight is 381 g/mol. The van der Waals surface area contributed by atoms with Crippen LogP contribution in [0.1, 0.15) is 33.6 Å². The average Bonchev–Trinajstić information content (AvgIpc) is 3.06. The Hall–Kier alpha value is -1.63. The molecule has 3 rings (SSSR count). The number of carbonyl (C=O) groups is 1. The molecule has 1 amide bonds. The number of halogens is 1. The molecule has 0 aliphatic carbocycles. The van der Waals surface area contributed by atoms with Gasteiger partial charge in [0.15, 0.2) is 0 Å². The van der Waals surface area contributed by atoms with Crippen LogP contribution in [0.15, 0.2) is 22.7 Å². The van der Waals surface area contributed by atoms with Crippen LogP contribution >= 0.6 is 15.9 Å². The molecule has 1 aliphatic rings. The second-order valence-electron chi connectivity index (χ2n) is 6.85. The van der Waals surface area contributed by atoms with Crippen LogP contribution in [0.2, 0.25) is 0 Å². The SMILES string of the molecule is CC(C)(C)OC(=O)N1CCCC1Cn1nnc2c(Br)cccc21. The number of amides is 1. The van der Waals surface area contributed by atoms with E-state index in [9.17, 15) is 4.79 Å². The third-order valence-corrected chi connectivity index (χ3v) is 4.52. The molecule has 1 aromatic heterocycles. The Labute approximate surface area is 143 Å². The molecular formula is C16H21BrN4O2. The second-order valence-corrected chi connectivity index (χ2v) is 7.70. The summed E-state index contributed by atoms with van der Waals surface area (Å²) >= 11 is 3.49. The normalized spacial score (nSPS) is 18.6. The number of hydrogen-bond donors (Lipinski definition) is 0. The van der Waals surface area contributed by atoms with E-state index in [0.717, 1.165) is 34.9 Å². The van der Waals surface area contributed by atoms with E-state index in [-0.39, 0.29) is 12.1 Å². The zero-order chi connectivity index (χ0) is 16.6. The lowest BCUT2D eigenvalue weighted by Gasteiger charge is -2.28. The number of hydrogen-bond acceptors (Lipinski definition) is 4. The van der Waals surface area contributed by atoms with Crippen LogP contribution in [0.4, 0.5) is 4.79 Å². The van der Waals surface area contributed by atoms with E-state index in [1.165, 1.54) is 0 Å². The standard InChI is InChI=1S/C16H21BrN4O2/c1-16(2,3)23-15(22)20-9-5-6-11(20)10-21-13-8-4-7-12(17)14(13)18-19-21/h4,7-8,11H,5-6,9-10H2,1-3H3. The van der Waals surface area contributed by atoms with Gasteiger partial charge in [0.05, 0.1) is 18.1 Å². The second kappa shape index (κ2) is 6.11. The molecule has 1 fully saturated rings. The summed E-state index contributed by atoms with van der Waals surface area (Å²) < 4.78 is 8.31. The first-order chi connectivity index (χ1) is 10.8. The molecule has 1 unspecified atom stereocenters. The fourth-order valence-electron chi connectivity index (χ4n) is 2.88. The number of fused-ring (bicyclic) bond motifs is 1. The van der Waals surface area contributed by atoms with Crippen LogP contribution in [0, 0.1) is 0 Å². The number of ether oxygens (including phenoxy) is 1. The summed E-state index contributed by atoms with van der Waals surface area (Å²) in [6, 6.07) is 6.00. The van der Waals surface area contributed by atoms with Crippen LogP contribution in [-0.4, -0.2) is 44.2 Å². The highest BCUT2D eigenvalue weighted by Gasteiger charge is 2.32. The number of likely N-dealkylation sites (tertiary alicyclic amines) is 1. The van der Waals surface area contributed by atoms with E-state index in [4.69, 9.17) is 4.74 Å². The van der Waals surface area contributed by atoms with Crippen molar-refractivity contribution in [2.75, 3.05) is 6.54 Å². The molecule has 124 valence electrons. The molecule has 2 aromatic rings. The predicted molar refractivity (Wildman–Crippen MR) is 91.2 cm³/mol. The van der Waals surface area contributed by atoms with E-state index in [0.29, 0.717) is 6.54 Å². The summed E-state index contributed by atoms with van der Waals surface area (Å²) in [5.41, 5.74) is 1.33. The summed E-state index contributed by atoms with van der Waals surface area (Å²) in [6.07, 6.45) is 1.69. The maximum atomic E-state index is 12.4. The van der Waals surface area contributed by atoms with Crippen molar-refractivity contribution in [3.63, 3.8) is 0 Å². The number of benzene rings is 1. The van der Waals surface area contributed by atoms with Crippen LogP contribution < -0.4 is 0 Å². The van der Waals surface area contributed by atoms with Gasteiger partial charge in [-0.05, 0) is 61.7 Å². The maximum Gasteiger partial charge on any atom is 0.410 e. The smallest absolute Gasteiger partial charge is 0.410 e. The minimum absolute atomic E-state index is 0.0914. The summed E-state index contributed by atoms with van der Waals surface area (Å²) in [4.78, 5) is 14.2. The van der Waals surface area contributed by atoms with Crippen molar-refractivity contribution in [3.8, 4) is 0 Å². The van der Waals surface area contributed by atoms with Crippen LogP contribution in [0.3, 0.4) is 0 Å². The van der Waals surface area contributed by atoms with Gasteiger partial charge in [-0.25, -0.2) is 9.48 Å². The number of aromatic nitrogens is 3. The third-order valence-electron chi connectivity index (χ3n) is 3.89. The number of carbonyl (C=O) groups excluding carboxylic acids is 1. The minimum atomic E-state index is -0.477. The Morgan fingerprint density at radius 3 is 2.96 bits per heavy atom. The highest BCUT2D eigenvalue weighted by atomic mass is 79.9. The molecular weight excluding hydrogens is 360 g/mol. The summed E-state index contributed by atoms with van der Waals surface area (Å²) in [5.74, 6) is 0. The summed E-state index contributed by atoms with van der Waals surface area (Å²) in [7, 11) is 0. The lowest BCUT2D eigenvalue weighted by Crippen LogP contribution is -2.41. The van der Waals surface area contributed by atoms with E-state index in [1.807, 2.05) is 48.6 Å². The minimum Gasteiger partial charge on any atom is -0.444 e. The molecule has 0 N–H and O–H groups in total. The van der Waals surface area contributed by atoms with Gasteiger partial charge in [-0.15, -0.1) is 5.10 Å². The van der Waals surface area contributed by atoms with Gasteiger partial charge in [0.1, 0.15) is 11.1 Å². The molecule has 0 bridgehead atoms. The molecule has 2 heterocycles. The topological polar surface area (TPSA) is 60.2 Å². The summed E-state index contributed by atoms with van der Waals surface area (Å²) in [6.45, 7) is 7.03. The highest BCUT2D eigenvalue weighted by Crippen LogP contribution is 2.25. The van der Waals surface area contributed by atoms with Crippen molar-refractivity contribution in [2.24, 2.45) is 0 Å². The van der Waals surface area contributed by atoms with E-state index < -0.39 is 5.60 Å². The zero-order valence-electron chi connectivity index (χ0n) is 13.6. The van der Waals surface area contributed by atoms with Gasteiger partial charge in [0, 0.05) is 11.0 Å². The number of rotatable bonds is 2. The quantitative estimate of drug-likeness (QED) is 0.798. The van der Waals surface area contributed by atoms with Crippen molar-refractivity contribution in [1.82, 2.24) is 19.9 Å². The first kappa shape index (κ1) is 16.2. The van der Waals surface area contributed by atoms with Crippen molar-refractivity contribution < 1.29 is 9.53 Å². The Morgan fingerprint density at radius 2 is 2.22 bits per heavy atom. The van der Waals surface area contributed by atoms with Crippen molar-refractivity contribution in [2.45, 2.75) is 51.8 Å². The van der Waals surface area contributed by atoms with E-state index in [2.05, 4.69) is 26.2 Å². The lowest BCUT2D eigenvalue weighted by atomic mass is 10.2. The van der Waals surface area contributed by atoms with Gasteiger partial charge in [-0.1, -0.05) is 11.3 Å². The number of nitrogens with zero attached hydrogens (tertiary/aromatic N) is 4. The largest absolute Gasteiger partial charge is 0.444 e. The van der Waals surface area contributed by atoms with Crippen LogP contribution in [-0.2, 0) is 11.3 Å². The molecule has 1 atom stereocenters. The van der Waals surface area contributed by atoms with Crippen molar-refractivity contribution >= 4 is 33.1 Å². The maximum absolute atomic E-state index is 12.4. The van der Waals surface area contributed by atoms with Gasteiger partial charge in [-0.3, -0.25) is 0 Å². The molecule has 7 heteroatoms. The van der Waals surface area contributed by atoms with Gasteiger partial charge < -0.3 is 9.64 Å². The zero-order valence-corrected chi connectivity index (χ0v) is 15.2.